The Morgan fingerprint density at radius 1 is 0.271 bits per heavy atom. The largest absolute Gasteiger partial charge is 0.217 e. The highest BCUT2D eigenvalue weighted by atomic mass is 15.0. The number of hydrogen-bond acceptors (Lipinski definition) is 3. The van der Waals surface area contributed by atoms with Crippen molar-refractivity contribution < 1.29 is 0 Å². The zero-order chi connectivity index (χ0) is 31.9. The molecular formula is C45H29N3. The molecule has 0 amide bonds. The lowest BCUT2D eigenvalue weighted by atomic mass is 9.88. The molecule has 1 heterocycles. The number of aromatic nitrogens is 3. The first kappa shape index (κ1) is 27.8. The average Bonchev–Trinajstić information content (AvgIpc) is 3.18. The van der Waals surface area contributed by atoms with E-state index in [1.807, 2.05) is 12.1 Å². The molecule has 0 atom stereocenters. The molecular weight excluding hydrogens is 583 g/mol. The van der Waals surface area contributed by atoms with Gasteiger partial charge in [0, 0.05) is 11.1 Å². The van der Waals surface area contributed by atoms with E-state index in [0.717, 1.165) is 38.9 Å². The van der Waals surface area contributed by atoms with Crippen molar-refractivity contribution in [2.45, 2.75) is 0 Å². The molecule has 0 radical (unpaired) electrons. The van der Waals surface area contributed by atoms with Crippen LogP contribution in [-0.4, -0.2) is 15.0 Å². The Bertz CT molecular complexity index is 2590. The molecule has 0 N–H and O–H groups in total. The Labute approximate surface area is 278 Å². The van der Waals surface area contributed by atoms with Crippen molar-refractivity contribution in [2.75, 3.05) is 0 Å². The molecule has 0 fully saturated rings. The molecule has 0 aliphatic heterocycles. The van der Waals surface area contributed by atoms with E-state index < -0.39 is 0 Å². The Hall–Kier alpha value is -6.45. The van der Waals surface area contributed by atoms with Crippen molar-refractivity contribution in [3.63, 3.8) is 0 Å². The lowest BCUT2D eigenvalue weighted by molar-refractivity contribution is 1.07. The number of hydrogen-bond donors (Lipinski definition) is 0. The third kappa shape index (κ3) is 4.81. The summed E-state index contributed by atoms with van der Waals surface area (Å²) in [5, 5.41) is 7.61. The van der Waals surface area contributed by atoms with E-state index in [-0.39, 0.29) is 0 Å². The van der Waals surface area contributed by atoms with Gasteiger partial charge in [0.05, 0.1) is 0 Å². The van der Waals surface area contributed by atoms with Gasteiger partial charge < -0.3 is 0 Å². The van der Waals surface area contributed by atoms with E-state index >= 15 is 0 Å². The first-order valence-corrected chi connectivity index (χ1v) is 16.2. The van der Waals surface area contributed by atoms with E-state index in [4.69, 9.17) is 4.98 Å². The minimum Gasteiger partial charge on any atom is -0.217 e. The van der Waals surface area contributed by atoms with Crippen molar-refractivity contribution in [1.82, 2.24) is 15.0 Å². The SMILES string of the molecule is c1ccc(-c2cccc(-c3ncnc(-c4ccccc4-c4ccccc4-c4ccc5c6ccccc6c6ccccc6c5c4)n3)c2)cc1. The normalized spacial score (nSPS) is 11.3. The molecule has 1 aromatic heterocycles. The Kier molecular flexibility index (Phi) is 6.80. The molecule has 9 aromatic rings. The number of nitrogens with zero attached hydrogens (tertiary/aromatic N) is 3. The van der Waals surface area contributed by atoms with Gasteiger partial charge in [0.2, 0.25) is 0 Å². The standard InChI is InChI=1S/C45H29N3/c1-2-13-30(14-3-1)31-15-12-16-33(27-31)44-46-29-47-45(48-44)42-24-11-10-22-39(42)35-18-5-4-17-34(35)32-25-26-41-38-21-7-6-19-36(38)37-20-8-9-23-40(37)43(41)28-32/h1-29H. The number of rotatable bonds is 5. The minimum atomic E-state index is 0.645. The van der Waals surface area contributed by atoms with Crippen LogP contribution in [0.1, 0.15) is 0 Å². The summed E-state index contributed by atoms with van der Waals surface area (Å²) in [5.74, 6) is 1.29. The summed E-state index contributed by atoms with van der Waals surface area (Å²) in [5.41, 5.74) is 8.73. The molecule has 0 unspecified atom stereocenters. The summed E-state index contributed by atoms with van der Waals surface area (Å²) in [7, 11) is 0. The highest BCUT2D eigenvalue weighted by Gasteiger charge is 2.16. The summed E-state index contributed by atoms with van der Waals surface area (Å²) in [6.07, 6.45) is 1.62. The van der Waals surface area contributed by atoms with Gasteiger partial charge >= 0.3 is 0 Å². The predicted molar refractivity (Wildman–Crippen MR) is 200 cm³/mol. The second-order valence-corrected chi connectivity index (χ2v) is 12.0. The Balaban J connectivity index is 1.17. The smallest absolute Gasteiger partial charge is 0.163 e. The van der Waals surface area contributed by atoms with Gasteiger partial charge in [-0.2, -0.15) is 0 Å². The Morgan fingerprint density at radius 3 is 1.48 bits per heavy atom. The van der Waals surface area contributed by atoms with Gasteiger partial charge in [-0.3, -0.25) is 0 Å². The first-order chi connectivity index (χ1) is 23.8. The molecule has 0 bridgehead atoms. The third-order valence-corrected chi connectivity index (χ3v) is 9.24. The minimum absolute atomic E-state index is 0.645. The van der Waals surface area contributed by atoms with E-state index in [9.17, 15) is 0 Å². The van der Waals surface area contributed by atoms with Gasteiger partial charge in [-0.1, -0.05) is 158 Å². The molecule has 0 saturated carbocycles. The van der Waals surface area contributed by atoms with Crippen LogP contribution in [0.4, 0.5) is 0 Å². The summed E-state index contributed by atoms with van der Waals surface area (Å²) >= 11 is 0. The zero-order valence-electron chi connectivity index (χ0n) is 26.1. The maximum Gasteiger partial charge on any atom is 0.163 e. The van der Waals surface area contributed by atoms with Crippen LogP contribution in [0.3, 0.4) is 0 Å². The quantitative estimate of drug-likeness (QED) is 0.182. The van der Waals surface area contributed by atoms with Crippen molar-refractivity contribution in [1.29, 1.82) is 0 Å². The van der Waals surface area contributed by atoms with Crippen LogP contribution in [0.5, 0.6) is 0 Å². The molecule has 3 nitrogen and oxygen atoms in total. The molecule has 0 aliphatic rings. The average molecular weight is 612 g/mol. The molecule has 224 valence electrons. The van der Waals surface area contributed by atoms with Crippen LogP contribution >= 0.6 is 0 Å². The summed E-state index contributed by atoms with van der Waals surface area (Å²) in [6, 6.07) is 60.1. The number of fused-ring (bicyclic) bond motifs is 6. The lowest BCUT2D eigenvalue weighted by Crippen LogP contribution is -1.97. The van der Waals surface area contributed by atoms with Crippen LogP contribution < -0.4 is 0 Å². The fourth-order valence-electron chi connectivity index (χ4n) is 6.99. The van der Waals surface area contributed by atoms with Crippen molar-refractivity contribution in [3.05, 3.63) is 176 Å². The lowest BCUT2D eigenvalue weighted by Gasteiger charge is -2.16. The molecule has 3 heteroatoms. The van der Waals surface area contributed by atoms with Gasteiger partial charge in [0.15, 0.2) is 11.6 Å². The summed E-state index contributed by atoms with van der Waals surface area (Å²) in [4.78, 5) is 14.3. The van der Waals surface area contributed by atoms with Gasteiger partial charge in [-0.15, -0.1) is 0 Å². The fourth-order valence-corrected chi connectivity index (χ4v) is 6.99. The van der Waals surface area contributed by atoms with Crippen LogP contribution in [0.15, 0.2) is 176 Å². The summed E-state index contributed by atoms with van der Waals surface area (Å²) < 4.78 is 0. The summed E-state index contributed by atoms with van der Waals surface area (Å²) in [6.45, 7) is 0. The third-order valence-electron chi connectivity index (χ3n) is 9.24. The highest BCUT2D eigenvalue weighted by molar-refractivity contribution is 6.25. The van der Waals surface area contributed by atoms with Crippen LogP contribution in [0.25, 0.3) is 88.5 Å². The monoisotopic (exact) mass is 611 g/mol. The van der Waals surface area contributed by atoms with Crippen molar-refractivity contribution in [3.8, 4) is 56.2 Å². The highest BCUT2D eigenvalue weighted by Crippen LogP contribution is 2.41. The predicted octanol–water partition coefficient (Wildman–Crippen LogP) is 11.7. The topological polar surface area (TPSA) is 38.7 Å². The van der Waals surface area contributed by atoms with Gasteiger partial charge in [-0.05, 0) is 77.8 Å². The van der Waals surface area contributed by atoms with Gasteiger partial charge in [-0.25, -0.2) is 15.0 Å². The maximum absolute atomic E-state index is 5.02. The van der Waals surface area contributed by atoms with Crippen LogP contribution in [0, 0.1) is 0 Å². The van der Waals surface area contributed by atoms with Crippen molar-refractivity contribution >= 4 is 32.3 Å². The van der Waals surface area contributed by atoms with E-state index in [1.54, 1.807) is 6.33 Å². The Morgan fingerprint density at radius 2 is 0.771 bits per heavy atom. The number of benzene rings is 8. The van der Waals surface area contributed by atoms with E-state index in [0.29, 0.717) is 11.6 Å². The molecule has 48 heavy (non-hydrogen) atoms. The van der Waals surface area contributed by atoms with E-state index in [1.165, 1.54) is 37.9 Å². The molecule has 9 rings (SSSR count). The van der Waals surface area contributed by atoms with E-state index in [2.05, 4.69) is 168 Å². The van der Waals surface area contributed by atoms with Gasteiger partial charge in [0.25, 0.3) is 0 Å². The van der Waals surface area contributed by atoms with Crippen molar-refractivity contribution in [2.24, 2.45) is 0 Å². The second kappa shape index (κ2) is 11.7. The molecule has 0 spiro atoms. The van der Waals surface area contributed by atoms with Gasteiger partial charge in [0.1, 0.15) is 6.33 Å². The first-order valence-electron chi connectivity index (χ1n) is 16.2. The van der Waals surface area contributed by atoms with Crippen LogP contribution in [-0.2, 0) is 0 Å². The molecule has 0 aliphatic carbocycles. The second-order valence-electron chi connectivity index (χ2n) is 12.0. The molecule has 8 aromatic carbocycles. The van der Waals surface area contributed by atoms with Crippen LogP contribution in [0.2, 0.25) is 0 Å². The molecule has 0 saturated heterocycles. The zero-order valence-corrected chi connectivity index (χ0v) is 26.1. The maximum atomic E-state index is 5.02. The fraction of sp³-hybridized carbons (Fsp3) is 0.